The molecule has 0 spiro atoms. The van der Waals surface area contributed by atoms with E-state index in [9.17, 15) is 9.18 Å². The van der Waals surface area contributed by atoms with E-state index in [0.717, 1.165) is 12.3 Å². The van der Waals surface area contributed by atoms with E-state index in [1.807, 2.05) is 0 Å². The van der Waals surface area contributed by atoms with Crippen LogP contribution in [0.25, 0.3) is 0 Å². The Labute approximate surface area is 109 Å². The van der Waals surface area contributed by atoms with Crippen LogP contribution in [0.4, 0.5) is 10.2 Å². The van der Waals surface area contributed by atoms with Gasteiger partial charge in [0.2, 0.25) is 0 Å². The highest BCUT2D eigenvalue weighted by atomic mass is 19.1. The van der Waals surface area contributed by atoms with Crippen molar-refractivity contribution in [3.63, 3.8) is 0 Å². The van der Waals surface area contributed by atoms with Crippen molar-refractivity contribution in [2.45, 2.75) is 6.54 Å². The molecule has 0 atom stereocenters. The smallest absolute Gasteiger partial charge is 0.255 e. The zero-order valence-electron chi connectivity index (χ0n) is 10.2. The summed E-state index contributed by atoms with van der Waals surface area (Å²) < 4.78 is 13.1. The Morgan fingerprint density at radius 1 is 1.47 bits per heavy atom. The van der Waals surface area contributed by atoms with E-state index in [-0.39, 0.29) is 12.1 Å². The van der Waals surface area contributed by atoms with Crippen LogP contribution in [-0.2, 0) is 6.54 Å². The van der Waals surface area contributed by atoms with Crippen molar-refractivity contribution in [2.75, 3.05) is 12.4 Å². The number of hydrogen-bond acceptors (Lipinski definition) is 5. The Morgan fingerprint density at radius 3 is 3.00 bits per heavy atom. The molecule has 2 aromatic rings. The zero-order valence-corrected chi connectivity index (χ0v) is 10.2. The highest BCUT2D eigenvalue weighted by molar-refractivity contribution is 5.98. The van der Waals surface area contributed by atoms with Crippen LogP contribution in [0.2, 0.25) is 0 Å². The van der Waals surface area contributed by atoms with Crippen LogP contribution in [0.15, 0.2) is 30.6 Å². The fraction of sp³-hybridized carbons (Fsp3) is 0.167. The molecule has 0 aliphatic heterocycles. The molecule has 1 amide bonds. The van der Waals surface area contributed by atoms with E-state index < -0.39 is 11.7 Å². The van der Waals surface area contributed by atoms with Gasteiger partial charge in [-0.05, 0) is 18.2 Å². The first-order valence-electron chi connectivity index (χ1n) is 5.59. The second-order valence-corrected chi connectivity index (χ2v) is 3.70. The number of pyridine rings is 1. The van der Waals surface area contributed by atoms with Crippen molar-refractivity contribution in [3.8, 4) is 0 Å². The monoisotopic (exact) mass is 261 g/mol. The third-order valence-corrected chi connectivity index (χ3v) is 2.39. The van der Waals surface area contributed by atoms with Crippen LogP contribution < -0.4 is 10.6 Å². The summed E-state index contributed by atoms with van der Waals surface area (Å²) in [6.45, 7) is 0.215. The average Bonchev–Trinajstić information content (AvgIpc) is 2.46. The van der Waals surface area contributed by atoms with E-state index in [1.54, 1.807) is 25.4 Å². The molecule has 0 unspecified atom stereocenters. The third-order valence-electron chi connectivity index (χ3n) is 2.39. The first kappa shape index (κ1) is 12.9. The molecule has 0 bridgehead atoms. The third kappa shape index (κ3) is 3.21. The summed E-state index contributed by atoms with van der Waals surface area (Å²) in [6, 6.07) is 4.58. The number of carbonyl (C=O) groups is 1. The maximum Gasteiger partial charge on any atom is 0.255 e. The van der Waals surface area contributed by atoms with Crippen LogP contribution in [0.1, 0.15) is 16.1 Å². The zero-order chi connectivity index (χ0) is 13.7. The minimum absolute atomic E-state index is 0.145. The fourth-order valence-corrected chi connectivity index (χ4v) is 1.51. The Morgan fingerprint density at radius 2 is 2.32 bits per heavy atom. The number of anilines is 1. The van der Waals surface area contributed by atoms with E-state index in [1.165, 1.54) is 0 Å². The van der Waals surface area contributed by atoms with E-state index >= 15 is 0 Å². The summed E-state index contributed by atoms with van der Waals surface area (Å²) in [5, 5.41) is 12.9. The van der Waals surface area contributed by atoms with Crippen molar-refractivity contribution < 1.29 is 9.18 Å². The van der Waals surface area contributed by atoms with Crippen molar-refractivity contribution >= 4 is 11.7 Å². The molecular weight excluding hydrogens is 249 g/mol. The van der Waals surface area contributed by atoms with Crippen molar-refractivity contribution in [1.82, 2.24) is 20.5 Å². The standard InChI is InChI=1S/C12H12FN5O/c1-14-11-10(5-8(13)6-15-11)12(19)16-7-9-3-2-4-17-18-9/h2-6H,7H2,1H3,(H,14,15)(H,16,19). The fourth-order valence-electron chi connectivity index (χ4n) is 1.51. The number of nitrogens with zero attached hydrogens (tertiary/aromatic N) is 3. The topological polar surface area (TPSA) is 79.8 Å². The normalized spacial score (nSPS) is 10.0. The second-order valence-electron chi connectivity index (χ2n) is 3.70. The van der Waals surface area contributed by atoms with Gasteiger partial charge in [-0.25, -0.2) is 9.37 Å². The van der Waals surface area contributed by atoms with E-state index in [2.05, 4.69) is 25.8 Å². The maximum atomic E-state index is 13.1. The molecule has 0 aliphatic rings. The van der Waals surface area contributed by atoms with Crippen molar-refractivity contribution in [1.29, 1.82) is 0 Å². The summed E-state index contributed by atoms with van der Waals surface area (Å²) in [5.41, 5.74) is 0.762. The molecule has 0 radical (unpaired) electrons. The predicted octanol–water partition coefficient (Wildman–Crippen LogP) is 0.982. The SMILES string of the molecule is CNc1ncc(F)cc1C(=O)NCc1cccnn1. The Hall–Kier alpha value is -2.57. The van der Waals surface area contributed by atoms with Crippen LogP contribution in [0.3, 0.4) is 0 Å². The van der Waals surface area contributed by atoms with Crippen LogP contribution in [0, 0.1) is 5.82 Å². The summed E-state index contributed by atoms with van der Waals surface area (Å²) in [4.78, 5) is 15.7. The highest BCUT2D eigenvalue weighted by Gasteiger charge is 2.13. The Bertz CT molecular complexity index is 576. The van der Waals surface area contributed by atoms with Gasteiger partial charge in [-0.1, -0.05) is 0 Å². The molecule has 0 saturated carbocycles. The molecule has 2 aromatic heterocycles. The lowest BCUT2D eigenvalue weighted by atomic mass is 10.2. The maximum absolute atomic E-state index is 13.1. The van der Waals surface area contributed by atoms with Gasteiger partial charge in [0.15, 0.2) is 0 Å². The minimum atomic E-state index is -0.566. The quantitative estimate of drug-likeness (QED) is 0.857. The molecule has 0 fully saturated rings. The first-order chi connectivity index (χ1) is 9.20. The van der Waals surface area contributed by atoms with Crippen molar-refractivity contribution in [3.05, 3.63) is 47.7 Å². The van der Waals surface area contributed by atoms with E-state index in [4.69, 9.17) is 0 Å². The van der Waals surface area contributed by atoms with Gasteiger partial charge in [-0.15, -0.1) is 0 Å². The number of carbonyl (C=O) groups excluding carboxylic acids is 1. The van der Waals surface area contributed by atoms with Crippen LogP contribution >= 0.6 is 0 Å². The van der Waals surface area contributed by atoms with Gasteiger partial charge in [-0.3, -0.25) is 4.79 Å². The largest absolute Gasteiger partial charge is 0.372 e. The molecule has 0 aliphatic carbocycles. The van der Waals surface area contributed by atoms with Gasteiger partial charge in [0.25, 0.3) is 5.91 Å². The molecule has 2 rings (SSSR count). The number of aromatic nitrogens is 3. The molecular formula is C12H12FN5O. The lowest BCUT2D eigenvalue weighted by Gasteiger charge is -2.08. The number of hydrogen-bond donors (Lipinski definition) is 2. The van der Waals surface area contributed by atoms with Crippen molar-refractivity contribution in [2.24, 2.45) is 0 Å². The summed E-state index contributed by atoms with van der Waals surface area (Å²) in [6.07, 6.45) is 2.59. The average molecular weight is 261 g/mol. The molecule has 2 heterocycles. The summed E-state index contributed by atoms with van der Waals surface area (Å²) in [5.74, 6) is -0.677. The van der Waals surface area contributed by atoms with Crippen LogP contribution in [-0.4, -0.2) is 28.1 Å². The molecule has 6 nitrogen and oxygen atoms in total. The number of amides is 1. The predicted molar refractivity (Wildman–Crippen MR) is 66.9 cm³/mol. The first-order valence-corrected chi connectivity index (χ1v) is 5.59. The molecule has 7 heteroatoms. The number of nitrogens with one attached hydrogen (secondary N) is 2. The van der Waals surface area contributed by atoms with Gasteiger partial charge in [0.05, 0.1) is 24.0 Å². The summed E-state index contributed by atoms with van der Waals surface area (Å²) in [7, 11) is 1.61. The van der Waals surface area contributed by atoms with Gasteiger partial charge >= 0.3 is 0 Å². The molecule has 19 heavy (non-hydrogen) atoms. The molecule has 0 aromatic carbocycles. The van der Waals surface area contributed by atoms with E-state index in [0.29, 0.717) is 11.5 Å². The Kier molecular flexibility index (Phi) is 3.97. The lowest BCUT2D eigenvalue weighted by molar-refractivity contribution is 0.0950. The molecule has 98 valence electrons. The highest BCUT2D eigenvalue weighted by Crippen LogP contribution is 2.12. The molecule has 0 saturated heterocycles. The molecule has 2 N–H and O–H groups in total. The van der Waals surface area contributed by atoms with Gasteiger partial charge in [0, 0.05) is 13.2 Å². The van der Waals surface area contributed by atoms with Gasteiger partial charge < -0.3 is 10.6 Å². The van der Waals surface area contributed by atoms with Gasteiger partial charge in [-0.2, -0.15) is 10.2 Å². The Balaban J connectivity index is 2.10. The van der Waals surface area contributed by atoms with Crippen LogP contribution in [0.5, 0.6) is 0 Å². The number of halogens is 1. The van der Waals surface area contributed by atoms with Gasteiger partial charge in [0.1, 0.15) is 11.6 Å². The number of rotatable bonds is 4. The minimum Gasteiger partial charge on any atom is -0.372 e. The lowest BCUT2D eigenvalue weighted by Crippen LogP contribution is -2.24. The summed E-state index contributed by atoms with van der Waals surface area (Å²) >= 11 is 0. The second kappa shape index (κ2) is 5.85.